The number of rotatable bonds is 6. The molecule has 3 rings (SSSR count). The minimum Gasteiger partial charge on any atom is -0.349 e. The summed E-state index contributed by atoms with van der Waals surface area (Å²) in [5.41, 5.74) is 1.80. The van der Waals surface area contributed by atoms with E-state index in [9.17, 15) is 9.59 Å². The van der Waals surface area contributed by atoms with E-state index in [4.69, 9.17) is 0 Å². The Morgan fingerprint density at radius 2 is 2.19 bits per heavy atom. The van der Waals surface area contributed by atoms with Gasteiger partial charge in [0.15, 0.2) is 0 Å². The second kappa shape index (κ2) is 7.83. The van der Waals surface area contributed by atoms with Crippen LogP contribution in [0.25, 0.3) is 10.6 Å². The van der Waals surface area contributed by atoms with Crippen molar-refractivity contribution in [1.29, 1.82) is 0 Å². The second-order valence-electron chi connectivity index (χ2n) is 5.50. The van der Waals surface area contributed by atoms with Crippen molar-refractivity contribution in [3.05, 3.63) is 45.1 Å². The van der Waals surface area contributed by atoms with Gasteiger partial charge in [-0.2, -0.15) is 10.2 Å². The van der Waals surface area contributed by atoms with Crippen molar-refractivity contribution in [1.82, 2.24) is 30.3 Å². The van der Waals surface area contributed by atoms with Crippen LogP contribution in [-0.4, -0.2) is 43.7 Å². The first-order valence-corrected chi connectivity index (χ1v) is 9.92. The van der Waals surface area contributed by atoms with E-state index in [1.165, 1.54) is 22.5 Å². The van der Waals surface area contributed by atoms with Crippen LogP contribution in [0.15, 0.2) is 28.0 Å². The number of carbonyl (C=O) groups is 1. The molecular weight excluding hydrogens is 372 g/mol. The van der Waals surface area contributed by atoms with Crippen molar-refractivity contribution in [2.24, 2.45) is 0 Å². The number of hydrogen-bond acceptors (Lipinski definition) is 7. The quantitative estimate of drug-likeness (QED) is 0.623. The van der Waals surface area contributed by atoms with Crippen molar-refractivity contribution in [3.63, 3.8) is 0 Å². The summed E-state index contributed by atoms with van der Waals surface area (Å²) in [6.07, 6.45) is 3.48. The average molecular weight is 390 g/mol. The molecule has 3 heterocycles. The monoisotopic (exact) mass is 390 g/mol. The van der Waals surface area contributed by atoms with Crippen LogP contribution in [0.2, 0.25) is 0 Å². The molecule has 0 atom stereocenters. The zero-order valence-corrected chi connectivity index (χ0v) is 16.2. The Morgan fingerprint density at radius 1 is 1.38 bits per heavy atom. The number of carbonyl (C=O) groups excluding carboxylic acids is 1. The molecule has 0 aliphatic heterocycles. The summed E-state index contributed by atoms with van der Waals surface area (Å²) in [5, 5.41) is 14.7. The minimum absolute atomic E-state index is 0.215. The molecule has 3 aromatic rings. The van der Waals surface area contributed by atoms with Gasteiger partial charge >= 0.3 is 0 Å². The number of hydrogen-bond donors (Lipinski definition) is 2. The molecule has 1 amide bonds. The highest BCUT2D eigenvalue weighted by Crippen LogP contribution is 2.27. The smallest absolute Gasteiger partial charge is 0.270 e. The zero-order valence-electron chi connectivity index (χ0n) is 14.6. The van der Waals surface area contributed by atoms with Gasteiger partial charge < -0.3 is 5.32 Å². The normalized spacial score (nSPS) is 10.9. The van der Waals surface area contributed by atoms with E-state index in [1.54, 1.807) is 23.6 Å². The van der Waals surface area contributed by atoms with Crippen LogP contribution in [0, 0.1) is 13.8 Å². The van der Waals surface area contributed by atoms with Gasteiger partial charge in [-0.05, 0) is 26.2 Å². The van der Waals surface area contributed by atoms with Gasteiger partial charge in [0.2, 0.25) is 0 Å². The van der Waals surface area contributed by atoms with Gasteiger partial charge in [-0.3, -0.25) is 14.7 Å². The van der Waals surface area contributed by atoms with E-state index in [0.717, 1.165) is 20.5 Å². The van der Waals surface area contributed by atoms with Gasteiger partial charge in [0.1, 0.15) is 11.4 Å². The fourth-order valence-corrected chi connectivity index (χ4v) is 3.84. The van der Waals surface area contributed by atoms with Gasteiger partial charge in [-0.1, -0.05) is 0 Å². The third kappa shape index (κ3) is 3.86. The molecule has 0 fully saturated rings. The number of thioether (sulfide) groups is 1. The number of aromatic nitrogens is 5. The van der Waals surface area contributed by atoms with E-state index in [-0.39, 0.29) is 24.6 Å². The van der Waals surface area contributed by atoms with Crippen molar-refractivity contribution in [2.75, 3.05) is 12.8 Å². The number of thiazole rings is 1. The zero-order chi connectivity index (χ0) is 18.7. The molecule has 136 valence electrons. The molecule has 3 aromatic heterocycles. The molecule has 0 radical (unpaired) electrons. The molecule has 0 saturated carbocycles. The largest absolute Gasteiger partial charge is 0.349 e. The van der Waals surface area contributed by atoms with Crippen LogP contribution in [0.4, 0.5) is 0 Å². The first-order chi connectivity index (χ1) is 12.5. The lowest BCUT2D eigenvalue weighted by molar-refractivity contribution is 0.0944. The van der Waals surface area contributed by atoms with Gasteiger partial charge in [0, 0.05) is 12.6 Å². The van der Waals surface area contributed by atoms with E-state index in [2.05, 4.69) is 25.6 Å². The van der Waals surface area contributed by atoms with E-state index in [1.807, 2.05) is 20.1 Å². The van der Waals surface area contributed by atoms with Crippen molar-refractivity contribution >= 4 is 29.0 Å². The fourth-order valence-electron chi connectivity index (χ4n) is 2.46. The highest BCUT2D eigenvalue weighted by molar-refractivity contribution is 7.98. The molecule has 0 aliphatic rings. The lowest BCUT2D eigenvalue weighted by Gasteiger charge is -2.08. The maximum absolute atomic E-state index is 12.2. The fraction of sp³-hybridized carbons (Fsp3) is 0.312. The number of aromatic amines is 1. The summed E-state index contributed by atoms with van der Waals surface area (Å²) in [7, 11) is 0. The van der Waals surface area contributed by atoms with E-state index in [0.29, 0.717) is 11.4 Å². The molecule has 2 N–H and O–H groups in total. The van der Waals surface area contributed by atoms with Gasteiger partial charge in [-0.15, -0.1) is 23.1 Å². The van der Waals surface area contributed by atoms with Gasteiger partial charge in [0.05, 0.1) is 33.2 Å². The third-order valence-corrected chi connectivity index (χ3v) is 5.51. The van der Waals surface area contributed by atoms with Gasteiger partial charge in [-0.25, -0.2) is 9.67 Å². The molecular formula is C16H18N6O2S2. The van der Waals surface area contributed by atoms with Crippen LogP contribution < -0.4 is 10.9 Å². The molecule has 8 nitrogen and oxygen atoms in total. The first kappa shape index (κ1) is 18.3. The molecule has 0 bridgehead atoms. The molecule has 0 unspecified atom stereocenters. The van der Waals surface area contributed by atoms with E-state index < -0.39 is 0 Å². The van der Waals surface area contributed by atoms with Crippen molar-refractivity contribution in [3.8, 4) is 10.6 Å². The Balaban J connectivity index is 1.70. The second-order valence-corrected chi connectivity index (χ2v) is 7.55. The molecule has 0 saturated heterocycles. The Hall–Kier alpha value is -2.46. The summed E-state index contributed by atoms with van der Waals surface area (Å²) < 4.78 is 1.35. The number of nitrogens with one attached hydrogen (secondary N) is 2. The van der Waals surface area contributed by atoms with Crippen LogP contribution in [0.3, 0.4) is 0 Å². The van der Waals surface area contributed by atoms with Crippen molar-refractivity contribution < 1.29 is 4.79 Å². The Bertz CT molecular complexity index is 991. The number of aryl methyl sites for hydroxylation is 2. The Labute approximate surface area is 158 Å². The van der Waals surface area contributed by atoms with Gasteiger partial charge in [0.25, 0.3) is 11.5 Å². The number of H-pyrrole nitrogens is 1. The van der Waals surface area contributed by atoms with Crippen LogP contribution in [-0.2, 0) is 6.54 Å². The highest BCUT2D eigenvalue weighted by atomic mass is 32.2. The first-order valence-electron chi connectivity index (χ1n) is 7.87. The van der Waals surface area contributed by atoms with Crippen molar-refractivity contribution in [2.45, 2.75) is 25.3 Å². The summed E-state index contributed by atoms with van der Waals surface area (Å²) in [4.78, 5) is 30.4. The van der Waals surface area contributed by atoms with Crippen LogP contribution >= 0.6 is 23.1 Å². The van der Waals surface area contributed by atoms with Crippen LogP contribution in [0.5, 0.6) is 0 Å². The predicted molar refractivity (Wildman–Crippen MR) is 102 cm³/mol. The maximum Gasteiger partial charge on any atom is 0.270 e. The standard InChI is InChI=1S/C16H18N6O2S2/c1-9-15(26-10(2)19-9)11-4-5-13(23)22(21-11)7-6-17-16(24)14-12(25-3)8-18-20-14/h4-5,8H,6-7H2,1-3H3,(H,17,24)(H,18,20). The molecule has 0 aromatic carbocycles. The summed E-state index contributed by atoms with van der Waals surface area (Å²) in [5.74, 6) is -0.259. The Kier molecular flexibility index (Phi) is 5.52. The summed E-state index contributed by atoms with van der Waals surface area (Å²) >= 11 is 2.98. The van der Waals surface area contributed by atoms with Crippen LogP contribution in [0.1, 0.15) is 21.2 Å². The average Bonchev–Trinajstić information content (AvgIpc) is 3.22. The number of nitrogens with zero attached hydrogens (tertiary/aromatic N) is 4. The number of amides is 1. The minimum atomic E-state index is -0.259. The Morgan fingerprint density at radius 3 is 2.88 bits per heavy atom. The predicted octanol–water partition coefficient (Wildman–Crippen LogP) is 1.86. The molecule has 0 spiro atoms. The topological polar surface area (TPSA) is 106 Å². The third-order valence-electron chi connectivity index (χ3n) is 3.66. The molecule has 10 heteroatoms. The molecule has 26 heavy (non-hydrogen) atoms. The SMILES string of the molecule is CSc1cn[nH]c1C(=O)NCCn1nc(-c2sc(C)nc2C)ccc1=O. The summed E-state index contributed by atoms with van der Waals surface area (Å²) in [6.45, 7) is 4.41. The lowest BCUT2D eigenvalue weighted by atomic mass is 10.3. The molecule has 0 aliphatic carbocycles. The van der Waals surface area contributed by atoms with E-state index >= 15 is 0 Å². The lowest BCUT2D eigenvalue weighted by Crippen LogP contribution is -2.32. The maximum atomic E-state index is 12.2. The highest BCUT2D eigenvalue weighted by Gasteiger charge is 2.13. The summed E-state index contributed by atoms with van der Waals surface area (Å²) in [6, 6.07) is 3.19.